The first-order valence-electron chi connectivity index (χ1n) is 6.51. The number of pyridine rings is 1. The molecule has 0 aliphatic rings. The molecule has 0 amide bonds. The third-order valence-corrected chi connectivity index (χ3v) is 3.39. The van der Waals surface area contributed by atoms with Crippen molar-refractivity contribution in [2.45, 2.75) is 20.3 Å². The summed E-state index contributed by atoms with van der Waals surface area (Å²) in [7, 11) is 1.57. The molecule has 2 rings (SSSR count). The lowest BCUT2D eigenvalue weighted by molar-refractivity contribution is 0.0992. The van der Waals surface area contributed by atoms with E-state index in [1.54, 1.807) is 13.3 Å². The molecule has 0 aliphatic heterocycles. The van der Waals surface area contributed by atoms with Gasteiger partial charge in [-0.1, -0.05) is 0 Å². The van der Waals surface area contributed by atoms with Crippen LogP contribution in [0, 0.1) is 19.7 Å². The number of rotatable bonds is 4. The molecule has 1 aromatic carbocycles. The Labute approximate surface area is 122 Å². The number of aryl methyl sites for hydroxylation is 1. The summed E-state index contributed by atoms with van der Waals surface area (Å²) in [5, 5.41) is 0. The minimum absolute atomic E-state index is 0.0517. The number of halogens is 1. The summed E-state index contributed by atoms with van der Waals surface area (Å²) in [4.78, 5) is 16.6. The quantitative estimate of drug-likeness (QED) is 0.694. The van der Waals surface area contributed by atoms with E-state index in [0.29, 0.717) is 11.4 Å². The first-order chi connectivity index (χ1) is 9.93. The number of nitrogens with two attached hydrogens (primary N) is 1. The highest BCUT2D eigenvalue weighted by Gasteiger charge is 2.16. The standard InChI is InChI=1S/C16H17FN2O2/c1-9-8-19-14(10(2)16(9)21-3)7-15(20)12-6-11(17)4-5-13(12)18/h4-6,8H,7,18H2,1-3H3. The van der Waals surface area contributed by atoms with Crippen LogP contribution in [0.15, 0.2) is 24.4 Å². The van der Waals surface area contributed by atoms with Gasteiger partial charge in [-0.3, -0.25) is 9.78 Å². The number of methoxy groups -OCH3 is 1. The third-order valence-electron chi connectivity index (χ3n) is 3.39. The van der Waals surface area contributed by atoms with Crippen molar-refractivity contribution in [3.63, 3.8) is 0 Å². The predicted molar refractivity (Wildman–Crippen MR) is 79.1 cm³/mol. The molecule has 0 radical (unpaired) electrons. The monoisotopic (exact) mass is 288 g/mol. The van der Waals surface area contributed by atoms with Crippen molar-refractivity contribution >= 4 is 11.5 Å². The summed E-state index contributed by atoms with van der Waals surface area (Å²) < 4.78 is 18.6. The molecule has 5 heteroatoms. The van der Waals surface area contributed by atoms with Gasteiger partial charge in [-0.2, -0.15) is 0 Å². The maximum atomic E-state index is 13.3. The Hall–Kier alpha value is -2.43. The summed E-state index contributed by atoms with van der Waals surface area (Å²) in [6, 6.07) is 3.77. The number of ether oxygens (including phenoxy) is 1. The molecule has 0 atom stereocenters. The normalized spacial score (nSPS) is 10.5. The van der Waals surface area contributed by atoms with E-state index in [1.807, 2.05) is 13.8 Å². The summed E-state index contributed by atoms with van der Waals surface area (Å²) in [6.45, 7) is 3.73. The summed E-state index contributed by atoms with van der Waals surface area (Å²) in [6.07, 6.45) is 1.71. The number of carbonyl (C=O) groups is 1. The highest BCUT2D eigenvalue weighted by atomic mass is 19.1. The summed E-state index contributed by atoms with van der Waals surface area (Å²) in [5.74, 6) is -0.0489. The molecule has 1 heterocycles. The van der Waals surface area contributed by atoms with Crippen LogP contribution in [-0.4, -0.2) is 17.9 Å². The van der Waals surface area contributed by atoms with E-state index < -0.39 is 5.82 Å². The average molecular weight is 288 g/mol. The number of nitrogen functional groups attached to an aromatic ring is 1. The topological polar surface area (TPSA) is 65.2 Å². The molecule has 110 valence electrons. The van der Waals surface area contributed by atoms with Gasteiger partial charge in [0.25, 0.3) is 0 Å². The largest absolute Gasteiger partial charge is 0.496 e. The number of aromatic nitrogens is 1. The van der Waals surface area contributed by atoms with E-state index in [9.17, 15) is 9.18 Å². The van der Waals surface area contributed by atoms with Crippen LogP contribution in [0.25, 0.3) is 0 Å². The molecule has 2 aromatic rings. The minimum atomic E-state index is -0.487. The molecule has 0 aliphatic carbocycles. The molecular formula is C16H17FN2O2. The van der Waals surface area contributed by atoms with E-state index in [4.69, 9.17) is 10.5 Å². The minimum Gasteiger partial charge on any atom is -0.496 e. The van der Waals surface area contributed by atoms with Crippen molar-refractivity contribution in [2.75, 3.05) is 12.8 Å². The first-order valence-corrected chi connectivity index (χ1v) is 6.51. The van der Waals surface area contributed by atoms with Crippen molar-refractivity contribution in [3.8, 4) is 5.75 Å². The lowest BCUT2D eigenvalue weighted by atomic mass is 10.0. The van der Waals surface area contributed by atoms with Gasteiger partial charge >= 0.3 is 0 Å². The van der Waals surface area contributed by atoms with Crippen molar-refractivity contribution in [1.82, 2.24) is 4.98 Å². The van der Waals surface area contributed by atoms with Crippen LogP contribution in [-0.2, 0) is 6.42 Å². The molecule has 0 saturated carbocycles. The number of hydrogen-bond acceptors (Lipinski definition) is 4. The van der Waals surface area contributed by atoms with Gasteiger partial charge in [-0.05, 0) is 32.0 Å². The Kier molecular flexibility index (Phi) is 4.21. The van der Waals surface area contributed by atoms with Crippen LogP contribution in [0.5, 0.6) is 5.75 Å². The Morgan fingerprint density at radius 3 is 2.76 bits per heavy atom. The predicted octanol–water partition coefficient (Wildman–Crippen LogP) is 2.85. The number of hydrogen-bond donors (Lipinski definition) is 1. The van der Waals surface area contributed by atoms with Crippen molar-refractivity contribution in [1.29, 1.82) is 0 Å². The van der Waals surface area contributed by atoms with Gasteiger partial charge in [-0.15, -0.1) is 0 Å². The molecule has 0 saturated heterocycles. The Balaban J connectivity index is 2.34. The molecule has 2 N–H and O–H groups in total. The lowest BCUT2D eigenvalue weighted by Crippen LogP contribution is -2.10. The van der Waals surface area contributed by atoms with Crippen LogP contribution in [0.2, 0.25) is 0 Å². The van der Waals surface area contributed by atoms with E-state index >= 15 is 0 Å². The molecule has 21 heavy (non-hydrogen) atoms. The number of benzene rings is 1. The fourth-order valence-electron chi connectivity index (χ4n) is 2.27. The molecule has 4 nitrogen and oxygen atoms in total. The van der Waals surface area contributed by atoms with Crippen LogP contribution >= 0.6 is 0 Å². The van der Waals surface area contributed by atoms with Gasteiger partial charge in [0.05, 0.1) is 19.2 Å². The van der Waals surface area contributed by atoms with E-state index in [0.717, 1.165) is 17.2 Å². The molecule has 0 fully saturated rings. The zero-order valence-corrected chi connectivity index (χ0v) is 12.2. The SMILES string of the molecule is COc1c(C)cnc(CC(=O)c2cc(F)ccc2N)c1C. The molecule has 0 unspecified atom stereocenters. The number of carbonyl (C=O) groups excluding carboxylic acids is 1. The first kappa shape index (κ1) is 15.0. The van der Waals surface area contributed by atoms with Gasteiger partial charge in [0, 0.05) is 28.6 Å². The van der Waals surface area contributed by atoms with Crippen molar-refractivity contribution in [3.05, 3.63) is 52.6 Å². The summed E-state index contributed by atoms with van der Waals surface area (Å²) >= 11 is 0. The maximum Gasteiger partial charge on any atom is 0.170 e. The number of ketones is 1. The van der Waals surface area contributed by atoms with E-state index in [-0.39, 0.29) is 23.5 Å². The molecule has 0 spiro atoms. The second-order valence-corrected chi connectivity index (χ2v) is 4.88. The molecule has 0 bridgehead atoms. The lowest BCUT2D eigenvalue weighted by Gasteiger charge is -2.12. The Morgan fingerprint density at radius 1 is 1.38 bits per heavy atom. The second-order valence-electron chi connectivity index (χ2n) is 4.88. The Bertz CT molecular complexity index is 699. The number of nitrogens with zero attached hydrogens (tertiary/aromatic N) is 1. The molecule has 1 aromatic heterocycles. The van der Waals surface area contributed by atoms with Crippen LogP contribution in [0.3, 0.4) is 0 Å². The average Bonchev–Trinajstić information content (AvgIpc) is 2.45. The van der Waals surface area contributed by atoms with Crippen molar-refractivity contribution in [2.24, 2.45) is 0 Å². The van der Waals surface area contributed by atoms with Crippen LogP contribution in [0.1, 0.15) is 27.2 Å². The third kappa shape index (κ3) is 3.02. The fraction of sp³-hybridized carbons (Fsp3) is 0.250. The zero-order valence-electron chi connectivity index (χ0n) is 12.2. The van der Waals surface area contributed by atoms with Crippen LogP contribution < -0.4 is 10.5 Å². The molecular weight excluding hydrogens is 271 g/mol. The van der Waals surface area contributed by atoms with Gasteiger partial charge in [0.1, 0.15) is 11.6 Å². The maximum absolute atomic E-state index is 13.3. The van der Waals surface area contributed by atoms with Gasteiger partial charge < -0.3 is 10.5 Å². The number of anilines is 1. The Morgan fingerprint density at radius 2 is 2.10 bits per heavy atom. The summed E-state index contributed by atoms with van der Waals surface area (Å²) in [5.41, 5.74) is 8.48. The second kappa shape index (κ2) is 5.91. The van der Waals surface area contributed by atoms with E-state index in [1.165, 1.54) is 12.1 Å². The zero-order chi connectivity index (χ0) is 15.6. The smallest absolute Gasteiger partial charge is 0.170 e. The highest BCUT2D eigenvalue weighted by Crippen LogP contribution is 2.25. The van der Waals surface area contributed by atoms with Crippen LogP contribution in [0.4, 0.5) is 10.1 Å². The van der Waals surface area contributed by atoms with Gasteiger partial charge in [0.2, 0.25) is 0 Å². The van der Waals surface area contributed by atoms with Gasteiger partial charge in [0.15, 0.2) is 5.78 Å². The van der Waals surface area contributed by atoms with E-state index in [2.05, 4.69) is 4.98 Å². The highest BCUT2D eigenvalue weighted by molar-refractivity contribution is 6.01. The number of Topliss-reactive ketones (excluding diaryl/α,β-unsaturated/α-hetero) is 1. The van der Waals surface area contributed by atoms with Gasteiger partial charge in [-0.25, -0.2) is 4.39 Å². The van der Waals surface area contributed by atoms with Crippen molar-refractivity contribution < 1.29 is 13.9 Å². The fourth-order valence-corrected chi connectivity index (χ4v) is 2.27.